The SMILES string of the molecule is CCC(C)/C(C)=C\N1C=C(c2cc(=O)n3cc(C4CCN(C)CC4)ccc3n2)C=C(Cl)C1. The Balaban J connectivity index is 1.65. The molecule has 2 aliphatic heterocycles. The Bertz CT molecular complexity index is 1140. The second-order valence-electron chi connectivity index (χ2n) is 9.28. The van der Waals surface area contributed by atoms with Crippen molar-refractivity contribution in [2.45, 2.75) is 46.0 Å². The van der Waals surface area contributed by atoms with Crippen molar-refractivity contribution < 1.29 is 0 Å². The van der Waals surface area contributed by atoms with E-state index in [2.05, 4.69) is 49.9 Å². The number of nitrogens with zero attached hydrogens (tertiary/aromatic N) is 4. The number of aromatic nitrogens is 2. The van der Waals surface area contributed by atoms with Crippen LogP contribution in [0.4, 0.5) is 0 Å². The number of pyridine rings is 1. The van der Waals surface area contributed by atoms with Crippen LogP contribution >= 0.6 is 11.6 Å². The molecule has 0 amide bonds. The minimum Gasteiger partial charge on any atom is -0.348 e. The van der Waals surface area contributed by atoms with Gasteiger partial charge in [-0.3, -0.25) is 9.20 Å². The molecule has 2 aromatic heterocycles. The number of hydrogen-bond donors (Lipinski definition) is 0. The first-order chi connectivity index (χ1) is 15.3. The molecule has 0 spiro atoms. The summed E-state index contributed by atoms with van der Waals surface area (Å²) in [5.41, 5.74) is 4.64. The highest BCUT2D eigenvalue weighted by atomic mass is 35.5. The van der Waals surface area contributed by atoms with Gasteiger partial charge in [0.1, 0.15) is 5.65 Å². The number of fused-ring (bicyclic) bond motifs is 1. The monoisotopic (exact) mass is 452 g/mol. The molecular weight excluding hydrogens is 420 g/mol. The maximum absolute atomic E-state index is 13.0. The Morgan fingerprint density at radius 1 is 1.31 bits per heavy atom. The van der Waals surface area contributed by atoms with Gasteiger partial charge in [-0.25, -0.2) is 4.98 Å². The van der Waals surface area contributed by atoms with Gasteiger partial charge in [0.2, 0.25) is 0 Å². The molecule has 2 aromatic rings. The first-order valence-corrected chi connectivity index (χ1v) is 12.0. The zero-order chi connectivity index (χ0) is 22.8. The van der Waals surface area contributed by atoms with E-state index in [9.17, 15) is 4.79 Å². The van der Waals surface area contributed by atoms with E-state index in [1.165, 1.54) is 11.1 Å². The number of allylic oxidation sites excluding steroid dienone is 3. The average molecular weight is 453 g/mol. The summed E-state index contributed by atoms with van der Waals surface area (Å²) in [6, 6.07) is 5.72. The molecule has 4 heterocycles. The van der Waals surface area contributed by atoms with E-state index < -0.39 is 0 Å². The molecule has 32 heavy (non-hydrogen) atoms. The second kappa shape index (κ2) is 9.63. The van der Waals surface area contributed by atoms with Crippen molar-refractivity contribution in [3.05, 3.63) is 75.1 Å². The minimum atomic E-state index is -0.0614. The molecule has 5 nitrogen and oxygen atoms in total. The molecular formula is C26H33ClN4O. The standard InChI is InChI=1S/C26H33ClN4O/c1-5-18(2)19(3)14-30-15-22(12-23(27)17-30)24-13-26(32)31-16-21(6-7-25(31)28-24)20-8-10-29(4)11-9-20/h6-7,12-16,18,20H,5,8-11,17H2,1-4H3/b19-14-. The third-order valence-corrected chi connectivity index (χ3v) is 7.11. The third kappa shape index (κ3) is 5.00. The van der Waals surface area contributed by atoms with Gasteiger partial charge < -0.3 is 9.80 Å². The molecule has 1 unspecified atom stereocenters. The fourth-order valence-electron chi connectivity index (χ4n) is 4.43. The molecule has 0 saturated carbocycles. The second-order valence-corrected chi connectivity index (χ2v) is 9.76. The average Bonchev–Trinajstić information content (AvgIpc) is 2.78. The van der Waals surface area contributed by atoms with Crippen molar-refractivity contribution in [3.63, 3.8) is 0 Å². The Kier molecular flexibility index (Phi) is 6.87. The van der Waals surface area contributed by atoms with Gasteiger partial charge in [0.05, 0.1) is 12.2 Å². The fourth-order valence-corrected chi connectivity index (χ4v) is 4.69. The summed E-state index contributed by atoms with van der Waals surface area (Å²) in [7, 11) is 2.16. The summed E-state index contributed by atoms with van der Waals surface area (Å²) in [4.78, 5) is 22.2. The predicted octanol–water partition coefficient (Wildman–Crippen LogP) is 5.23. The van der Waals surface area contributed by atoms with Crippen LogP contribution in [0.2, 0.25) is 0 Å². The van der Waals surface area contributed by atoms with Crippen molar-refractivity contribution in [1.29, 1.82) is 0 Å². The van der Waals surface area contributed by atoms with Crippen LogP contribution in [0.1, 0.15) is 57.2 Å². The van der Waals surface area contributed by atoms with E-state index in [4.69, 9.17) is 16.6 Å². The molecule has 1 saturated heterocycles. The van der Waals surface area contributed by atoms with Gasteiger partial charge in [0, 0.05) is 35.3 Å². The van der Waals surface area contributed by atoms with Gasteiger partial charge in [-0.15, -0.1) is 0 Å². The van der Waals surface area contributed by atoms with Crippen LogP contribution < -0.4 is 5.56 Å². The molecule has 1 fully saturated rings. The van der Waals surface area contributed by atoms with E-state index in [0.717, 1.165) is 43.0 Å². The normalized spacial score (nSPS) is 19.8. The predicted molar refractivity (Wildman–Crippen MR) is 133 cm³/mol. The lowest BCUT2D eigenvalue weighted by molar-refractivity contribution is 0.255. The van der Waals surface area contributed by atoms with Crippen molar-refractivity contribution in [1.82, 2.24) is 19.2 Å². The number of rotatable bonds is 5. The molecule has 4 rings (SSSR count). The Hall–Kier alpha value is -2.37. The number of hydrogen-bond acceptors (Lipinski definition) is 4. The van der Waals surface area contributed by atoms with Gasteiger partial charge in [0.25, 0.3) is 5.56 Å². The number of halogens is 1. The van der Waals surface area contributed by atoms with Crippen LogP contribution in [-0.2, 0) is 0 Å². The highest BCUT2D eigenvalue weighted by Gasteiger charge is 2.20. The highest BCUT2D eigenvalue weighted by molar-refractivity contribution is 6.30. The molecule has 1 atom stereocenters. The lowest BCUT2D eigenvalue weighted by Crippen LogP contribution is -2.29. The van der Waals surface area contributed by atoms with E-state index in [0.29, 0.717) is 29.7 Å². The maximum atomic E-state index is 13.0. The van der Waals surface area contributed by atoms with Crippen LogP contribution in [-0.4, -0.2) is 45.9 Å². The summed E-state index contributed by atoms with van der Waals surface area (Å²) < 4.78 is 1.68. The summed E-state index contributed by atoms with van der Waals surface area (Å²) >= 11 is 6.46. The number of piperidine rings is 1. The van der Waals surface area contributed by atoms with Crippen LogP contribution in [0.25, 0.3) is 11.2 Å². The lowest BCUT2D eigenvalue weighted by atomic mass is 9.91. The zero-order valence-corrected chi connectivity index (χ0v) is 20.3. The summed E-state index contributed by atoms with van der Waals surface area (Å²) in [5, 5.41) is 0.732. The Morgan fingerprint density at radius 3 is 2.78 bits per heavy atom. The molecule has 170 valence electrons. The summed E-state index contributed by atoms with van der Waals surface area (Å²) in [6.07, 6.45) is 11.4. The van der Waals surface area contributed by atoms with Crippen molar-refractivity contribution in [2.24, 2.45) is 5.92 Å². The van der Waals surface area contributed by atoms with Crippen molar-refractivity contribution >= 4 is 22.8 Å². The fraction of sp³-hybridized carbons (Fsp3) is 0.462. The Labute approximate surface area is 195 Å². The van der Waals surface area contributed by atoms with Crippen LogP contribution in [0.5, 0.6) is 0 Å². The molecule has 2 aliphatic rings. The molecule has 6 heteroatoms. The van der Waals surface area contributed by atoms with Gasteiger partial charge in [-0.05, 0) is 75.9 Å². The van der Waals surface area contributed by atoms with Crippen molar-refractivity contribution in [3.8, 4) is 0 Å². The van der Waals surface area contributed by atoms with Gasteiger partial charge in [0.15, 0.2) is 0 Å². The molecule has 0 aromatic carbocycles. The quantitative estimate of drug-likeness (QED) is 0.622. The lowest BCUT2D eigenvalue weighted by Gasteiger charge is -2.29. The first-order valence-electron chi connectivity index (χ1n) is 11.6. The van der Waals surface area contributed by atoms with E-state index >= 15 is 0 Å². The number of likely N-dealkylation sites (tertiary alicyclic amines) is 1. The van der Waals surface area contributed by atoms with Gasteiger partial charge in [-0.2, -0.15) is 0 Å². The van der Waals surface area contributed by atoms with Crippen molar-refractivity contribution in [2.75, 3.05) is 26.7 Å². The smallest absolute Gasteiger partial charge is 0.258 e. The van der Waals surface area contributed by atoms with Gasteiger partial charge >= 0.3 is 0 Å². The molecule has 0 bridgehead atoms. The maximum Gasteiger partial charge on any atom is 0.258 e. The summed E-state index contributed by atoms with van der Waals surface area (Å²) in [6.45, 7) is 9.39. The van der Waals surface area contributed by atoms with E-state index in [1.54, 1.807) is 10.5 Å². The van der Waals surface area contributed by atoms with E-state index in [-0.39, 0.29) is 5.56 Å². The first kappa shape index (κ1) is 22.8. The van der Waals surface area contributed by atoms with Crippen LogP contribution in [0.3, 0.4) is 0 Å². The minimum absolute atomic E-state index is 0.0614. The zero-order valence-electron chi connectivity index (χ0n) is 19.5. The molecule has 0 N–H and O–H groups in total. The highest BCUT2D eigenvalue weighted by Crippen LogP contribution is 2.28. The molecule has 0 aliphatic carbocycles. The molecule has 0 radical (unpaired) electrons. The van der Waals surface area contributed by atoms with Crippen LogP contribution in [0, 0.1) is 5.92 Å². The van der Waals surface area contributed by atoms with Crippen LogP contribution in [0.15, 0.2) is 58.3 Å². The van der Waals surface area contributed by atoms with E-state index in [1.807, 2.05) is 24.5 Å². The Morgan fingerprint density at radius 2 is 2.06 bits per heavy atom. The topological polar surface area (TPSA) is 40.9 Å². The third-order valence-electron chi connectivity index (χ3n) is 6.88. The summed E-state index contributed by atoms with van der Waals surface area (Å²) in [5.74, 6) is 1.01. The van der Waals surface area contributed by atoms with Gasteiger partial charge in [-0.1, -0.05) is 37.1 Å². The largest absolute Gasteiger partial charge is 0.348 e.